The molecule has 1 aromatic rings. The molecular weight excluding hydrogens is 283 g/mol. The minimum absolute atomic E-state index is 0.137. The van der Waals surface area contributed by atoms with Crippen LogP contribution in [0.5, 0.6) is 0 Å². The molecule has 1 amide bonds. The summed E-state index contributed by atoms with van der Waals surface area (Å²) in [5.41, 5.74) is 1.12. The number of Topliss-reactive ketones (excluding diaryl/α,β-unsaturated/α-hetero) is 1. The molecule has 1 aliphatic rings. The molecule has 2 rings (SSSR count). The van der Waals surface area contributed by atoms with Gasteiger partial charge in [-0.15, -0.1) is 0 Å². The number of hydrogen-bond acceptors (Lipinski definition) is 3. The summed E-state index contributed by atoms with van der Waals surface area (Å²) < 4.78 is 13.5. The lowest BCUT2D eigenvalue weighted by molar-refractivity contribution is -0.114. The van der Waals surface area contributed by atoms with Crippen molar-refractivity contribution in [3.05, 3.63) is 40.7 Å². The molecule has 0 saturated carbocycles. The van der Waals surface area contributed by atoms with Gasteiger partial charge < -0.3 is 10.2 Å². The predicted molar refractivity (Wildman–Crippen MR) is 75.8 cm³/mol. The summed E-state index contributed by atoms with van der Waals surface area (Å²) in [5.74, 6) is -2.01. The monoisotopic (exact) mass is 296 g/mol. The van der Waals surface area contributed by atoms with Crippen LogP contribution < -0.4 is 10.2 Å². The summed E-state index contributed by atoms with van der Waals surface area (Å²) in [6.45, 7) is 7.26. The van der Waals surface area contributed by atoms with Crippen molar-refractivity contribution < 1.29 is 14.0 Å². The number of anilines is 1. The molecule has 0 atom stereocenters. The van der Waals surface area contributed by atoms with E-state index in [1.54, 1.807) is 0 Å². The van der Waals surface area contributed by atoms with E-state index in [9.17, 15) is 14.0 Å². The number of carbonyl (C=O) groups excluding carboxylic acids is 2. The molecule has 20 heavy (non-hydrogen) atoms. The van der Waals surface area contributed by atoms with Crippen LogP contribution in [0, 0.1) is 5.82 Å². The Labute approximate surface area is 121 Å². The van der Waals surface area contributed by atoms with Gasteiger partial charge >= 0.3 is 0 Å². The van der Waals surface area contributed by atoms with Gasteiger partial charge in [-0.25, -0.2) is 4.39 Å². The molecule has 1 N–H and O–H groups in total. The van der Waals surface area contributed by atoms with Crippen molar-refractivity contribution >= 4 is 29.0 Å². The molecule has 1 aliphatic heterocycles. The number of fused-ring (bicyclic) bond motifs is 1. The molecule has 0 aromatic heterocycles. The number of hydrogen-bond donors (Lipinski definition) is 1. The number of rotatable bonds is 5. The van der Waals surface area contributed by atoms with Crippen LogP contribution in [0.25, 0.3) is 0 Å². The summed E-state index contributed by atoms with van der Waals surface area (Å²) in [5, 5.41) is 2.91. The highest BCUT2D eigenvalue weighted by Crippen LogP contribution is 2.33. The van der Waals surface area contributed by atoms with Gasteiger partial charge in [0, 0.05) is 13.1 Å². The quantitative estimate of drug-likeness (QED) is 0.669. The first-order chi connectivity index (χ1) is 9.45. The van der Waals surface area contributed by atoms with Gasteiger partial charge in [0.05, 0.1) is 16.3 Å². The summed E-state index contributed by atoms with van der Waals surface area (Å²) in [6.07, 6.45) is 0. The number of carbonyl (C=O) groups is 2. The topological polar surface area (TPSA) is 49.4 Å². The average molecular weight is 297 g/mol. The molecule has 0 fully saturated rings. The Balaban J connectivity index is 2.28. The highest BCUT2D eigenvalue weighted by atomic mass is 35.5. The Kier molecular flexibility index (Phi) is 4.20. The van der Waals surface area contributed by atoms with Crippen molar-refractivity contribution in [2.75, 3.05) is 24.5 Å². The predicted octanol–water partition coefficient (Wildman–Crippen LogP) is 2.17. The van der Waals surface area contributed by atoms with Crippen LogP contribution in [0.4, 0.5) is 10.1 Å². The zero-order valence-electron chi connectivity index (χ0n) is 11.0. The average Bonchev–Trinajstić information content (AvgIpc) is 2.63. The third-order valence-electron chi connectivity index (χ3n) is 3.02. The van der Waals surface area contributed by atoms with Crippen LogP contribution in [-0.4, -0.2) is 31.3 Å². The maximum atomic E-state index is 13.5. The van der Waals surface area contributed by atoms with Gasteiger partial charge in [0.2, 0.25) is 0 Å². The van der Waals surface area contributed by atoms with Crippen LogP contribution in [0.15, 0.2) is 24.3 Å². The van der Waals surface area contributed by atoms with E-state index in [0.717, 1.165) is 18.2 Å². The van der Waals surface area contributed by atoms with Crippen LogP contribution in [0.3, 0.4) is 0 Å². The first-order valence-corrected chi connectivity index (χ1v) is 6.56. The van der Waals surface area contributed by atoms with Gasteiger partial charge in [-0.1, -0.05) is 25.1 Å². The molecule has 0 unspecified atom stereocenters. The second-order valence-corrected chi connectivity index (χ2v) is 4.94. The van der Waals surface area contributed by atoms with Gasteiger partial charge in [0.15, 0.2) is 0 Å². The van der Waals surface area contributed by atoms with Crippen molar-refractivity contribution in [3.63, 3.8) is 0 Å². The minimum Gasteiger partial charge on any atom is -0.313 e. The molecule has 6 heteroatoms. The molecule has 0 radical (unpaired) electrons. The maximum absolute atomic E-state index is 13.5. The second kappa shape index (κ2) is 5.73. The largest absolute Gasteiger partial charge is 0.313 e. The number of nitrogens with one attached hydrogen (secondary N) is 1. The lowest BCUT2D eigenvalue weighted by Crippen LogP contribution is -2.33. The Morgan fingerprint density at radius 2 is 2.15 bits per heavy atom. The number of halogens is 2. The van der Waals surface area contributed by atoms with E-state index in [1.807, 2.05) is 6.92 Å². The van der Waals surface area contributed by atoms with Gasteiger partial charge in [-0.3, -0.25) is 9.59 Å². The molecular formula is C14H14ClFN2O2. The zero-order valence-corrected chi connectivity index (χ0v) is 11.8. The molecule has 0 spiro atoms. The summed E-state index contributed by atoms with van der Waals surface area (Å²) >= 11 is 5.64. The summed E-state index contributed by atoms with van der Waals surface area (Å²) in [7, 11) is 0. The van der Waals surface area contributed by atoms with E-state index in [4.69, 9.17) is 11.6 Å². The molecule has 106 valence electrons. The molecule has 0 bridgehead atoms. The third kappa shape index (κ3) is 2.59. The number of amides is 1. The fourth-order valence-corrected chi connectivity index (χ4v) is 2.19. The number of nitrogens with zero attached hydrogens (tertiary/aromatic N) is 1. The smallest absolute Gasteiger partial charge is 0.299 e. The van der Waals surface area contributed by atoms with Crippen LogP contribution in [0.1, 0.15) is 17.3 Å². The van der Waals surface area contributed by atoms with Crippen LogP contribution >= 0.6 is 11.6 Å². The molecule has 1 heterocycles. The first kappa shape index (κ1) is 14.7. The van der Waals surface area contributed by atoms with E-state index in [2.05, 4.69) is 11.9 Å². The van der Waals surface area contributed by atoms with Gasteiger partial charge in [-0.2, -0.15) is 0 Å². The van der Waals surface area contributed by atoms with Crippen molar-refractivity contribution in [1.82, 2.24) is 5.32 Å². The number of benzene rings is 1. The van der Waals surface area contributed by atoms with E-state index in [1.165, 1.54) is 11.0 Å². The standard InChI is InChI=1S/C14H14ClFN2O2/c1-3-17-6-8(2)7-18-12-5-11(16)10(15)4-9(12)13(19)14(18)20/h4-5,17H,2-3,6-7H2,1H3. The number of likely N-dealkylation sites (N-methyl/N-ethyl adjacent to an activating group) is 1. The lowest BCUT2D eigenvalue weighted by Gasteiger charge is -2.18. The first-order valence-electron chi connectivity index (χ1n) is 6.18. The van der Waals surface area contributed by atoms with E-state index in [-0.39, 0.29) is 22.8 Å². The highest BCUT2D eigenvalue weighted by molar-refractivity contribution is 6.52. The van der Waals surface area contributed by atoms with Crippen LogP contribution in [-0.2, 0) is 4.79 Å². The Bertz CT molecular complexity index is 601. The zero-order chi connectivity index (χ0) is 14.9. The molecule has 1 aromatic carbocycles. The Hall–Kier alpha value is -1.72. The van der Waals surface area contributed by atoms with Gasteiger partial charge in [0.1, 0.15) is 5.82 Å². The summed E-state index contributed by atoms with van der Waals surface area (Å²) in [6, 6.07) is 2.31. The van der Waals surface area contributed by atoms with Crippen molar-refractivity contribution in [3.8, 4) is 0 Å². The van der Waals surface area contributed by atoms with Crippen molar-refractivity contribution in [2.24, 2.45) is 0 Å². The molecule has 4 nitrogen and oxygen atoms in total. The Morgan fingerprint density at radius 1 is 1.45 bits per heavy atom. The number of ketones is 1. The van der Waals surface area contributed by atoms with E-state index >= 15 is 0 Å². The molecule has 0 saturated heterocycles. The maximum Gasteiger partial charge on any atom is 0.299 e. The second-order valence-electron chi connectivity index (χ2n) is 4.53. The van der Waals surface area contributed by atoms with Gasteiger partial charge in [0.25, 0.3) is 11.7 Å². The lowest BCUT2D eigenvalue weighted by atomic mass is 10.1. The van der Waals surface area contributed by atoms with E-state index in [0.29, 0.717) is 6.54 Å². The van der Waals surface area contributed by atoms with Crippen molar-refractivity contribution in [1.29, 1.82) is 0 Å². The minimum atomic E-state index is -0.681. The normalized spacial score (nSPS) is 13.8. The SMILES string of the molecule is C=C(CNCC)CN1C(=O)C(=O)c2cc(Cl)c(F)cc21. The molecule has 0 aliphatic carbocycles. The third-order valence-corrected chi connectivity index (χ3v) is 3.31. The van der Waals surface area contributed by atoms with Crippen molar-refractivity contribution in [2.45, 2.75) is 6.92 Å². The summed E-state index contributed by atoms with van der Waals surface area (Å²) in [4.78, 5) is 25.0. The van der Waals surface area contributed by atoms with Gasteiger partial charge in [-0.05, 0) is 24.3 Å². The fourth-order valence-electron chi connectivity index (χ4n) is 2.03. The van der Waals surface area contributed by atoms with E-state index < -0.39 is 17.5 Å². The Morgan fingerprint density at radius 3 is 2.80 bits per heavy atom. The fraction of sp³-hybridized carbons (Fsp3) is 0.286. The van der Waals surface area contributed by atoms with Crippen LogP contribution in [0.2, 0.25) is 5.02 Å². The highest BCUT2D eigenvalue weighted by Gasteiger charge is 2.36.